The number of benzene rings is 1. The number of hydrogen-bond acceptors (Lipinski definition) is 4. The molecule has 1 aromatic carbocycles. The van der Waals surface area contributed by atoms with Gasteiger partial charge in [0, 0.05) is 43.8 Å². The van der Waals surface area contributed by atoms with E-state index >= 15 is 0 Å². The topological polar surface area (TPSA) is 44.7 Å². The minimum atomic E-state index is 0.0911. The summed E-state index contributed by atoms with van der Waals surface area (Å²) in [5.41, 5.74) is 1.02. The molecule has 0 amide bonds. The molecule has 18 heavy (non-hydrogen) atoms. The Bertz CT molecular complexity index is 406. The average molecular weight is 271 g/mol. The minimum Gasteiger partial charge on any atom is -0.504 e. The summed E-state index contributed by atoms with van der Waals surface area (Å²) in [4.78, 5) is 2.41. The highest BCUT2D eigenvalue weighted by atomic mass is 35.5. The fourth-order valence-corrected chi connectivity index (χ4v) is 2.41. The number of nitrogens with zero attached hydrogens (tertiary/aromatic N) is 1. The van der Waals surface area contributed by atoms with Gasteiger partial charge < -0.3 is 20.1 Å². The molecule has 1 fully saturated rings. The lowest BCUT2D eigenvalue weighted by Crippen LogP contribution is -2.44. The fraction of sp³-hybridized carbons (Fsp3) is 0.538. The third-order valence-electron chi connectivity index (χ3n) is 3.25. The quantitative estimate of drug-likeness (QED) is 0.870. The van der Waals surface area contributed by atoms with Crippen molar-refractivity contribution in [2.45, 2.75) is 6.42 Å². The van der Waals surface area contributed by atoms with E-state index in [1.54, 1.807) is 13.2 Å². The van der Waals surface area contributed by atoms with E-state index in [4.69, 9.17) is 16.3 Å². The minimum absolute atomic E-state index is 0.0911. The highest BCUT2D eigenvalue weighted by Gasteiger charge is 2.12. The van der Waals surface area contributed by atoms with E-state index in [1.807, 2.05) is 6.07 Å². The van der Waals surface area contributed by atoms with E-state index in [-0.39, 0.29) is 5.75 Å². The Morgan fingerprint density at radius 1 is 1.39 bits per heavy atom. The summed E-state index contributed by atoms with van der Waals surface area (Å²) in [5.74, 6) is 0.572. The SMILES string of the molecule is COc1cc(CCN2CCNCC2)c(Cl)cc1O. The number of ether oxygens (including phenoxy) is 1. The second-order valence-electron chi connectivity index (χ2n) is 4.46. The molecule has 0 radical (unpaired) electrons. The van der Waals surface area contributed by atoms with E-state index < -0.39 is 0 Å². The summed E-state index contributed by atoms with van der Waals surface area (Å²) < 4.78 is 5.10. The zero-order chi connectivity index (χ0) is 13.0. The first-order valence-corrected chi connectivity index (χ1v) is 6.57. The Morgan fingerprint density at radius 2 is 2.11 bits per heavy atom. The van der Waals surface area contributed by atoms with Crippen LogP contribution in [0.25, 0.3) is 0 Å². The zero-order valence-electron chi connectivity index (χ0n) is 10.6. The molecule has 1 aliphatic rings. The maximum absolute atomic E-state index is 9.60. The van der Waals surface area contributed by atoms with Gasteiger partial charge in [-0.05, 0) is 18.1 Å². The Kier molecular flexibility index (Phi) is 4.69. The number of halogens is 1. The van der Waals surface area contributed by atoms with E-state index in [9.17, 15) is 5.11 Å². The van der Waals surface area contributed by atoms with Crippen molar-refractivity contribution in [3.63, 3.8) is 0 Å². The number of aromatic hydroxyl groups is 1. The molecule has 2 rings (SSSR count). The fourth-order valence-electron chi connectivity index (χ4n) is 2.15. The van der Waals surface area contributed by atoms with Gasteiger partial charge in [-0.25, -0.2) is 0 Å². The molecule has 100 valence electrons. The van der Waals surface area contributed by atoms with E-state index in [1.165, 1.54) is 0 Å². The van der Waals surface area contributed by atoms with Gasteiger partial charge in [-0.3, -0.25) is 0 Å². The van der Waals surface area contributed by atoms with Gasteiger partial charge in [-0.2, -0.15) is 0 Å². The number of piperazine rings is 1. The van der Waals surface area contributed by atoms with Gasteiger partial charge in [0.1, 0.15) is 0 Å². The van der Waals surface area contributed by atoms with Crippen molar-refractivity contribution in [3.05, 3.63) is 22.7 Å². The first-order chi connectivity index (χ1) is 8.70. The van der Waals surface area contributed by atoms with Gasteiger partial charge in [0.05, 0.1) is 7.11 Å². The van der Waals surface area contributed by atoms with Crippen molar-refractivity contribution >= 4 is 11.6 Å². The first-order valence-electron chi connectivity index (χ1n) is 6.19. The zero-order valence-corrected chi connectivity index (χ0v) is 11.3. The van der Waals surface area contributed by atoms with Crippen LogP contribution in [0.4, 0.5) is 0 Å². The number of nitrogens with one attached hydrogen (secondary N) is 1. The number of phenols is 1. The van der Waals surface area contributed by atoms with Crippen LogP contribution in [0.2, 0.25) is 5.02 Å². The van der Waals surface area contributed by atoms with Crippen molar-refractivity contribution in [2.24, 2.45) is 0 Å². The Morgan fingerprint density at radius 3 is 2.78 bits per heavy atom. The smallest absolute Gasteiger partial charge is 0.160 e. The number of phenolic OH excluding ortho intramolecular Hbond substituents is 1. The summed E-state index contributed by atoms with van der Waals surface area (Å²) >= 11 is 6.13. The van der Waals surface area contributed by atoms with Gasteiger partial charge in [0.15, 0.2) is 11.5 Å². The monoisotopic (exact) mass is 270 g/mol. The normalized spacial score (nSPS) is 16.8. The van der Waals surface area contributed by atoms with Crippen molar-refractivity contribution in [1.29, 1.82) is 0 Å². The molecule has 4 nitrogen and oxygen atoms in total. The van der Waals surface area contributed by atoms with Gasteiger partial charge in [-0.15, -0.1) is 0 Å². The van der Waals surface area contributed by atoms with Crippen LogP contribution < -0.4 is 10.1 Å². The molecular formula is C13H19ClN2O2. The molecule has 1 saturated heterocycles. The maximum atomic E-state index is 9.60. The number of hydrogen-bond donors (Lipinski definition) is 2. The number of rotatable bonds is 4. The summed E-state index contributed by atoms with van der Waals surface area (Å²) in [6.07, 6.45) is 0.871. The van der Waals surface area contributed by atoms with Crippen molar-refractivity contribution in [2.75, 3.05) is 39.8 Å². The van der Waals surface area contributed by atoms with Crippen LogP contribution in [-0.2, 0) is 6.42 Å². The maximum Gasteiger partial charge on any atom is 0.160 e. The predicted octanol–water partition coefficient (Wildman–Crippen LogP) is 1.50. The molecule has 0 aromatic heterocycles. The van der Waals surface area contributed by atoms with Crippen LogP contribution in [0.1, 0.15) is 5.56 Å². The molecule has 1 heterocycles. The third-order valence-corrected chi connectivity index (χ3v) is 3.61. The molecule has 0 bridgehead atoms. The third kappa shape index (κ3) is 3.28. The summed E-state index contributed by atoms with van der Waals surface area (Å²) in [5, 5.41) is 13.5. The Labute approximate surface area is 113 Å². The second kappa shape index (κ2) is 6.27. The van der Waals surface area contributed by atoms with E-state index in [0.29, 0.717) is 10.8 Å². The van der Waals surface area contributed by atoms with Crippen LogP contribution in [0, 0.1) is 0 Å². The predicted molar refractivity (Wildman–Crippen MR) is 72.7 cm³/mol. The first kappa shape index (κ1) is 13.5. The largest absolute Gasteiger partial charge is 0.504 e. The standard InChI is InChI=1S/C13H19ClN2O2/c1-18-13-8-10(11(14)9-12(13)17)2-5-16-6-3-15-4-7-16/h8-9,15,17H,2-7H2,1H3. The summed E-state index contributed by atoms with van der Waals surface area (Å²) in [6.45, 7) is 5.23. The average Bonchev–Trinajstić information content (AvgIpc) is 2.39. The lowest BCUT2D eigenvalue weighted by atomic mass is 10.1. The van der Waals surface area contributed by atoms with Crippen LogP contribution >= 0.6 is 11.6 Å². The molecular weight excluding hydrogens is 252 g/mol. The van der Waals surface area contributed by atoms with Gasteiger partial charge in [0.2, 0.25) is 0 Å². The van der Waals surface area contributed by atoms with Crippen LogP contribution in [0.5, 0.6) is 11.5 Å². The van der Waals surface area contributed by atoms with Crippen molar-refractivity contribution < 1.29 is 9.84 Å². The van der Waals surface area contributed by atoms with Gasteiger partial charge in [-0.1, -0.05) is 11.6 Å². The molecule has 0 unspecified atom stereocenters. The lowest BCUT2D eigenvalue weighted by Gasteiger charge is -2.27. The molecule has 1 aromatic rings. The van der Waals surface area contributed by atoms with Crippen LogP contribution in [0.15, 0.2) is 12.1 Å². The van der Waals surface area contributed by atoms with Crippen molar-refractivity contribution in [1.82, 2.24) is 10.2 Å². The summed E-state index contributed by atoms with van der Waals surface area (Å²) in [6, 6.07) is 3.37. The molecule has 2 N–H and O–H groups in total. The molecule has 0 saturated carbocycles. The highest BCUT2D eigenvalue weighted by Crippen LogP contribution is 2.32. The molecule has 0 spiro atoms. The molecule has 5 heteroatoms. The summed E-state index contributed by atoms with van der Waals surface area (Å²) in [7, 11) is 1.54. The van der Waals surface area contributed by atoms with Crippen LogP contribution in [0.3, 0.4) is 0 Å². The van der Waals surface area contributed by atoms with Crippen LogP contribution in [-0.4, -0.2) is 49.8 Å². The Hall–Kier alpha value is -0.970. The second-order valence-corrected chi connectivity index (χ2v) is 4.86. The number of methoxy groups -OCH3 is 1. The molecule has 1 aliphatic heterocycles. The molecule has 0 atom stereocenters. The molecule has 0 aliphatic carbocycles. The van der Waals surface area contributed by atoms with E-state index in [0.717, 1.165) is 44.7 Å². The van der Waals surface area contributed by atoms with Crippen molar-refractivity contribution in [3.8, 4) is 11.5 Å². The highest BCUT2D eigenvalue weighted by molar-refractivity contribution is 6.31. The van der Waals surface area contributed by atoms with E-state index in [2.05, 4.69) is 10.2 Å². The van der Waals surface area contributed by atoms with Gasteiger partial charge >= 0.3 is 0 Å². The van der Waals surface area contributed by atoms with Gasteiger partial charge in [0.25, 0.3) is 0 Å². The lowest BCUT2D eigenvalue weighted by molar-refractivity contribution is 0.244. The Balaban J connectivity index is 1.99.